The summed E-state index contributed by atoms with van der Waals surface area (Å²) in [5.74, 6) is 0.598. The first-order valence-corrected chi connectivity index (χ1v) is 8.77. The molecule has 1 aliphatic carbocycles. The number of furan rings is 1. The molecule has 108 valence electrons. The van der Waals surface area contributed by atoms with Crippen molar-refractivity contribution in [3.63, 3.8) is 0 Å². The second-order valence-electron chi connectivity index (χ2n) is 4.78. The predicted octanol–water partition coefficient (Wildman–Crippen LogP) is 2.07. The molecule has 2 aromatic heterocycles. The molecule has 20 heavy (non-hydrogen) atoms. The zero-order chi connectivity index (χ0) is 14.0. The van der Waals surface area contributed by atoms with Crippen molar-refractivity contribution in [2.45, 2.75) is 36.2 Å². The van der Waals surface area contributed by atoms with Crippen molar-refractivity contribution in [3.05, 3.63) is 41.2 Å². The fraction of sp³-hybridized carbons (Fsp3) is 0.385. The van der Waals surface area contributed by atoms with Crippen LogP contribution in [0.3, 0.4) is 0 Å². The average Bonchev–Trinajstić information content (AvgIpc) is 2.94. The second-order valence-corrected chi connectivity index (χ2v) is 7.94. The first-order chi connectivity index (χ1) is 9.63. The van der Waals surface area contributed by atoms with Crippen LogP contribution in [0.15, 0.2) is 39.2 Å². The summed E-state index contributed by atoms with van der Waals surface area (Å²) in [7, 11) is -3.46. The minimum atomic E-state index is -3.46. The standard InChI is InChI=1S/C13H16N2O3S2/c16-20(17,15-8-11-2-1-7-18-11)13-6-5-12(19-13)9-14-10-3-4-10/h1-2,5-7,10,14-15H,3-4,8-9H2. The maximum Gasteiger partial charge on any atom is 0.250 e. The van der Waals surface area contributed by atoms with Crippen molar-refractivity contribution in [2.24, 2.45) is 0 Å². The van der Waals surface area contributed by atoms with Crippen LogP contribution >= 0.6 is 11.3 Å². The normalized spacial score (nSPS) is 15.6. The van der Waals surface area contributed by atoms with Crippen molar-refractivity contribution in [1.29, 1.82) is 0 Å². The van der Waals surface area contributed by atoms with Gasteiger partial charge in [-0.3, -0.25) is 0 Å². The van der Waals surface area contributed by atoms with Gasteiger partial charge in [0.25, 0.3) is 0 Å². The number of hydrogen-bond donors (Lipinski definition) is 2. The SMILES string of the molecule is O=S(=O)(NCc1ccco1)c1ccc(CNC2CC2)s1. The molecule has 2 heterocycles. The molecule has 1 saturated carbocycles. The molecule has 0 spiro atoms. The van der Waals surface area contributed by atoms with Crippen LogP contribution in [-0.2, 0) is 23.1 Å². The van der Waals surface area contributed by atoms with Gasteiger partial charge in [0.1, 0.15) is 9.97 Å². The number of hydrogen-bond acceptors (Lipinski definition) is 5. The van der Waals surface area contributed by atoms with Crippen LogP contribution in [0.5, 0.6) is 0 Å². The average molecular weight is 312 g/mol. The van der Waals surface area contributed by atoms with Gasteiger partial charge < -0.3 is 9.73 Å². The van der Waals surface area contributed by atoms with Crippen LogP contribution in [0, 0.1) is 0 Å². The molecular formula is C13H16N2O3S2. The van der Waals surface area contributed by atoms with Crippen LogP contribution in [-0.4, -0.2) is 14.5 Å². The number of sulfonamides is 1. The fourth-order valence-corrected chi connectivity index (χ4v) is 4.13. The zero-order valence-electron chi connectivity index (χ0n) is 10.8. The highest BCUT2D eigenvalue weighted by molar-refractivity contribution is 7.91. The molecule has 0 aliphatic heterocycles. The Bertz CT molecular complexity index is 658. The molecule has 1 aliphatic rings. The van der Waals surface area contributed by atoms with Gasteiger partial charge in [-0.1, -0.05) is 0 Å². The molecule has 7 heteroatoms. The van der Waals surface area contributed by atoms with E-state index in [9.17, 15) is 8.42 Å². The Kier molecular flexibility index (Phi) is 3.93. The Balaban J connectivity index is 1.61. The van der Waals surface area contributed by atoms with Crippen LogP contribution in [0.2, 0.25) is 0 Å². The lowest BCUT2D eigenvalue weighted by atomic mass is 10.4. The summed E-state index contributed by atoms with van der Waals surface area (Å²) < 4.78 is 32.2. The highest BCUT2D eigenvalue weighted by Crippen LogP contribution is 2.24. The van der Waals surface area contributed by atoms with Crippen LogP contribution < -0.4 is 10.0 Å². The smallest absolute Gasteiger partial charge is 0.250 e. The quantitative estimate of drug-likeness (QED) is 0.821. The molecular weight excluding hydrogens is 296 g/mol. The van der Waals surface area contributed by atoms with Crippen LogP contribution in [0.4, 0.5) is 0 Å². The topological polar surface area (TPSA) is 71.3 Å². The predicted molar refractivity (Wildman–Crippen MR) is 76.9 cm³/mol. The number of nitrogens with one attached hydrogen (secondary N) is 2. The molecule has 0 saturated heterocycles. The van der Waals surface area contributed by atoms with Crippen molar-refractivity contribution in [3.8, 4) is 0 Å². The van der Waals surface area contributed by atoms with Crippen molar-refractivity contribution >= 4 is 21.4 Å². The fourth-order valence-electron chi connectivity index (χ4n) is 1.78. The number of thiophene rings is 1. The first kappa shape index (κ1) is 13.8. The van der Waals surface area contributed by atoms with E-state index in [1.165, 1.54) is 30.4 Å². The summed E-state index contributed by atoms with van der Waals surface area (Å²) in [4.78, 5) is 1.04. The molecule has 0 radical (unpaired) electrons. The third-order valence-corrected chi connectivity index (χ3v) is 6.04. The third kappa shape index (κ3) is 3.49. The molecule has 0 bridgehead atoms. The summed E-state index contributed by atoms with van der Waals surface area (Å²) >= 11 is 1.30. The molecule has 1 fully saturated rings. The summed E-state index contributed by atoms with van der Waals surface area (Å²) in [6.07, 6.45) is 3.97. The maximum atomic E-state index is 12.1. The van der Waals surface area contributed by atoms with E-state index < -0.39 is 10.0 Å². The van der Waals surface area contributed by atoms with Gasteiger partial charge in [0.15, 0.2) is 0 Å². The summed E-state index contributed by atoms with van der Waals surface area (Å²) in [6.45, 7) is 0.909. The summed E-state index contributed by atoms with van der Waals surface area (Å²) in [6, 6.07) is 7.60. The van der Waals surface area contributed by atoms with Gasteiger partial charge in [-0.15, -0.1) is 11.3 Å². The molecule has 0 unspecified atom stereocenters. The molecule has 0 aromatic carbocycles. The molecule has 2 N–H and O–H groups in total. The second kappa shape index (κ2) is 5.69. The molecule has 2 aromatic rings. The molecule has 0 amide bonds. The van der Waals surface area contributed by atoms with E-state index in [2.05, 4.69) is 10.0 Å². The highest BCUT2D eigenvalue weighted by atomic mass is 32.2. The third-order valence-electron chi connectivity index (χ3n) is 3.06. The van der Waals surface area contributed by atoms with E-state index in [-0.39, 0.29) is 6.54 Å². The molecule has 5 nitrogen and oxygen atoms in total. The largest absolute Gasteiger partial charge is 0.468 e. The van der Waals surface area contributed by atoms with E-state index in [0.717, 1.165) is 11.4 Å². The number of rotatable bonds is 7. The van der Waals surface area contributed by atoms with Crippen molar-refractivity contribution in [1.82, 2.24) is 10.0 Å². The summed E-state index contributed by atoms with van der Waals surface area (Å²) in [5, 5.41) is 3.37. The van der Waals surface area contributed by atoms with Gasteiger partial charge in [-0.2, -0.15) is 0 Å². The maximum absolute atomic E-state index is 12.1. The van der Waals surface area contributed by atoms with Crippen LogP contribution in [0.25, 0.3) is 0 Å². The van der Waals surface area contributed by atoms with Gasteiger partial charge in [0, 0.05) is 17.5 Å². The lowest BCUT2D eigenvalue weighted by Crippen LogP contribution is -2.22. The van der Waals surface area contributed by atoms with Gasteiger partial charge >= 0.3 is 0 Å². The van der Waals surface area contributed by atoms with E-state index in [1.54, 1.807) is 18.2 Å². The van der Waals surface area contributed by atoms with Crippen molar-refractivity contribution in [2.75, 3.05) is 0 Å². The van der Waals surface area contributed by atoms with Gasteiger partial charge in [-0.25, -0.2) is 13.1 Å². The zero-order valence-corrected chi connectivity index (χ0v) is 12.5. The summed E-state index contributed by atoms with van der Waals surface area (Å²) in [5.41, 5.74) is 0. The Morgan fingerprint density at radius 2 is 2.10 bits per heavy atom. The van der Waals surface area contributed by atoms with Gasteiger partial charge in [0.2, 0.25) is 10.0 Å². The Morgan fingerprint density at radius 1 is 1.25 bits per heavy atom. The molecule has 3 rings (SSSR count). The van der Waals surface area contributed by atoms with Crippen LogP contribution in [0.1, 0.15) is 23.5 Å². The Labute approximate surface area is 122 Å². The first-order valence-electron chi connectivity index (χ1n) is 6.48. The van der Waals surface area contributed by atoms with Gasteiger partial charge in [0.05, 0.1) is 12.8 Å². The monoisotopic (exact) mass is 312 g/mol. The Morgan fingerprint density at radius 3 is 2.80 bits per heavy atom. The molecule has 0 atom stereocenters. The minimum absolute atomic E-state index is 0.170. The lowest BCUT2D eigenvalue weighted by Gasteiger charge is -2.02. The Hall–Kier alpha value is -1.15. The lowest BCUT2D eigenvalue weighted by molar-refractivity contribution is 0.499. The van der Waals surface area contributed by atoms with E-state index in [0.29, 0.717) is 16.0 Å². The van der Waals surface area contributed by atoms with Crippen molar-refractivity contribution < 1.29 is 12.8 Å². The minimum Gasteiger partial charge on any atom is -0.468 e. The van der Waals surface area contributed by atoms with Gasteiger partial charge in [-0.05, 0) is 37.1 Å². The van der Waals surface area contributed by atoms with E-state index in [1.807, 2.05) is 6.07 Å². The van der Waals surface area contributed by atoms with E-state index in [4.69, 9.17) is 4.42 Å². The highest BCUT2D eigenvalue weighted by Gasteiger charge is 2.21. The van der Waals surface area contributed by atoms with E-state index >= 15 is 0 Å².